The second kappa shape index (κ2) is 5.83. The average Bonchev–Trinajstić information content (AvgIpc) is 2.94. The minimum Gasteiger partial charge on any atom is -0.494 e. The molecule has 104 valence electrons. The Morgan fingerprint density at radius 2 is 2.10 bits per heavy atom. The third-order valence-corrected chi connectivity index (χ3v) is 2.40. The van der Waals surface area contributed by atoms with Gasteiger partial charge in [-0.1, -0.05) is 0 Å². The molecule has 1 aromatic heterocycles. The lowest BCUT2D eigenvalue weighted by Crippen LogP contribution is -2.14. The quantitative estimate of drug-likeness (QED) is 0.772. The first-order valence-electron chi connectivity index (χ1n) is 5.72. The van der Waals surface area contributed by atoms with Crippen molar-refractivity contribution in [3.05, 3.63) is 30.4 Å². The lowest BCUT2D eigenvalue weighted by Gasteiger charge is -2.11. The number of nitrogens with zero attached hydrogens (tertiary/aromatic N) is 2. The molecule has 1 heterocycles. The minimum absolute atomic E-state index is 0.106. The molecule has 0 radical (unpaired) electrons. The zero-order valence-electron chi connectivity index (χ0n) is 10.9. The van der Waals surface area contributed by atoms with E-state index in [2.05, 4.69) is 25.8 Å². The number of H-pyrrole nitrogens is 1. The van der Waals surface area contributed by atoms with Crippen molar-refractivity contribution in [2.75, 3.05) is 17.7 Å². The number of hydrogen-bond donors (Lipinski definition) is 3. The van der Waals surface area contributed by atoms with Crippen LogP contribution in [0.1, 0.15) is 17.5 Å². The van der Waals surface area contributed by atoms with E-state index in [1.54, 1.807) is 18.2 Å². The zero-order valence-corrected chi connectivity index (χ0v) is 10.9. The average molecular weight is 275 g/mol. The molecule has 1 aromatic carbocycles. The molecule has 0 spiro atoms. The number of carbonyl (C=O) groups excluding carboxylic acids is 2. The lowest BCUT2D eigenvalue weighted by atomic mass is 10.2. The monoisotopic (exact) mass is 275 g/mol. The van der Waals surface area contributed by atoms with Crippen LogP contribution < -0.4 is 15.4 Å². The van der Waals surface area contributed by atoms with Gasteiger partial charge in [-0.2, -0.15) is 5.10 Å². The van der Waals surface area contributed by atoms with Crippen LogP contribution >= 0.6 is 0 Å². The standard InChI is InChI=1S/C12H13N5O3/c1-7(18)15-9-4-3-8(5-10(9)20-2)16-12(19)11-13-6-14-17-11/h3-6H,1-2H3,(H,15,18)(H,16,19)(H,13,14,17). The van der Waals surface area contributed by atoms with E-state index in [0.29, 0.717) is 17.1 Å². The summed E-state index contributed by atoms with van der Waals surface area (Å²) in [4.78, 5) is 26.6. The van der Waals surface area contributed by atoms with Crippen molar-refractivity contribution >= 4 is 23.2 Å². The van der Waals surface area contributed by atoms with Gasteiger partial charge in [-0.3, -0.25) is 14.7 Å². The van der Waals surface area contributed by atoms with Gasteiger partial charge in [-0.25, -0.2) is 4.98 Å². The van der Waals surface area contributed by atoms with Gasteiger partial charge < -0.3 is 15.4 Å². The summed E-state index contributed by atoms with van der Waals surface area (Å²) in [6, 6.07) is 4.87. The molecule has 0 atom stereocenters. The number of aromatic nitrogens is 3. The molecule has 0 aliphatic heterocycles. The van der Waals surface area contributed by atoms with Crippen LogP contribution in [0.5, 0.6) is 5.75 Å². The van der Waals surface area contributed by atoms with Crippen molar-refractivity contribution in [3.8, 4) is 5.75 Å². The highest BCUT2D eigenvalue weighted by atomic mass is 16.5. The maximum atomic E-state index is 11.8. The first-order chi connectivity index (χ1) is 9.60. The third-order valence-electron chi connectivity index (χ3n) is 2.40. The molecule has 8 nitrogen and oxygen atoms in total. The van der Waals surface area contributed by atoms with Crippen LogP contribution in [0.3, 0.4) is 0 Å². The van der Waals surface area contributed by atoms with Crippen molar-refractivity contribution in [2.24, 2.45) is 0 Å². The molecular formula is C12H13N5O3. The van der Waals surface area contributed by atoms with Crippen molar-refractivity contribution in [2.45, 2.75) is 6.92 Å². The lowest BCUT2D eigenvalue weighted by molar-refractivity contribution is -0.114. The van der Waals surface area contributed by atoms with Gasteiger partial charge >= 0.3 is 0 Å². The van der Waals surface area contributed by atoms with Gasteiger partial charge in [0.15, 0.2) is 0 Å². The van der Waals surface area contributed by atoms with Crippen LogP contribution in [0, 0.1) is 0 Å². The van der Waals surface area contributed by atoms with Gasteiger partial charge in [-0.05, 0) is 12.1 Å². The molecule has 0 aliphatic carbocycles. The predicted molar refractivity (Wildman–Crippen MR) is 71.6 cm³/mol. The molecule has 0 unspecified atom stereocenters. The number of hydrogen-bond acceptors (Lipinski definition) is 5. The van der Waals surface area contributed by atoms with Crippen molar-refractivity contribution in [3.63, 3.8) is 0 Å². The summed E-state index contributed by atoms with van der Waals surface area (Å²) in [5.74, 6) is -0.0796. The second-order valence-electron chi connectivity index (χ2n) is 3.88. The molecule has 0 saturated heterocycles. The summed E-state index contributed by atoms with van der Waals surface area (Å²) in [5, 5.41) is 11.3. The molecule has 0 fully saturated rings. The van der Waals surface area contributed by atoms with Gasteiger partial charge in [0.1, 0.15) is 12.1 Å². The first kappa shape index (κ1) is 13.5. The predicted octanol–water partition coefficient (Wildman–Crippen LogP) is 1.02. The van der Waals surface area contributed by atoms with E-state index in [4.69, 9.17) is 4.74 Å². The smallest absolute Gasteiger partial charge is 0.292 e. The Labute approximate surface area is 114 Å². The van der Waals surface area contributed by atoms with E-state index in [1.807, 2.05) is 0 Å². The number of nitrogens with one attached hydrogen (secondary N) is 3. The molecule has 20 heavy (non-hydrogen) atoms. The third kappa shape index (κ3) is 3.10. The summed E-state index contributed by atoms with van der Waals surface area (Å²) in [6.07, 6.45) is 1.25. The number of ether oxygens (including phenoxy) is 1. The molecule has 3 N–H and O–H groups in total. The van der Waals surface area contributed by atoms with E-state index in [-0.39, 0.29) is 11.7 Å². The Hall–Kier alpha value is -2.90. The molecule has 0 saturated carbocycles. The fourth-order valence-electron chi connectivity index (χ4n) is 1.57. The molecular weight excluding hydrogens is 262 g/mol. The Bertz CT molecular complexity index is 624. The Balaban J connectivity index is 2.17. The fourth-order valence-corrected chi connectivity index (χ4v) is 1.57. The topological polar surface area (TPSA) is 109 Å². The fraction of sp³-hybridized carbons (Fsp3) is 0.167. The van der Waals surface area contributed by atoms with Crippen LogP contribution in [0.2, 0.25) is 0 Å². The highest BCUT2D eigenvalue weighted by Crippen LogP contribution is 2.28. The minimum atomic E-state index is -0.420. The molecule has 2 amide bonds. The number of benzene rings is 1. The van der Waals surface area contributed by atoms with Crippen molar-refractivity contribution in [1.29, 1.82) is 0 Å². The Kier molecular flexibility index (Phi) is 3.94. The number of carbonyl (C=O) groups is 2. The number of rotatable bonds is 4. The summed E-state index contributed by atoms with van der Waals surface area (Å²) in [5.41, 5.74) is 1.04. The summed E-state index contributed by atoms with van der Waals surface area (Å²) >= 11 is 0. The number of amides is 2. The largest absolute Gasteiger partial charge is 0.494 e. The van der Waals surface area contributed by atoms with Gasteiger partial charge in [0.05, 0.1) is 12.8 Å². The van der Waals surface area contributed by atoms with Gasteiger partial charge in [0, 0.05) is 18.7 Å². The molecule has 2 rings (SSSR count). The molecule has 8 heteroatoms. The number of methoxy groups -OCH3 is 1. The van der Waals surface area contributed by atoms with Crippen LogP contribution in [-0.2, 0) is 4.79 Å². The Morgan fingerprint density at radius 3 is 2.70 bits per heavy atom. The van der Waals surface area contributed by atoms with E-state index >= 15 is 0 Å². The second-order valence-corrected chi connectivity index (χ2v) is 3.88. The highest BCUT2D eigenvalue weighted by Gasteiger charge is 2.11. The molecule has 0 aliphatic rings. The van der Waals surface area contributed by atoms with E-state index in [1.165, 1.54) is 20.4 Å². The van der Waals surface area contributed by atoms with Gasteiger partial charge in [-0.15, -0.1) is 0 Å². The summed E-state index contributed by atoms with van der Waals surface area (Å²) in [7, 11) is 1.47. The van der Waals surface area contributed by atoms with Crippen molar-refractivity contribution in [1.82, 2.24) is 15.2 Å². The van der Waals surface area contributed by atoms with Crippen molar-refractivity contribution < 1.29 is 14.3 Å². The van der Waals surface area contributed by atoms with E-state index in [0.717, 1.165) is 0 Å². The van der Waals surface area contributed by atoms with Crippen LogP contribution in [0.4, 0.5) is 11.4 Å². The van der Waals surface area contributed by atoms with Crippen LogP contribution in [-0.4, -0.2) is 34.1 Å². The van der Waals surface area contributed by atoms with Crippen LogP contribution in [0.25, 0.3) is 0 Å². The Morgan fingerprint density at radius 1 is 1.30 bits per heavy atom. The van der Waals surface area contributed by atoms with E-state index < -0.39 is 5.91 Å². The molecule has 0 bridgehead atoms. The van der Waals surface area contributed by atoms with Gasteiger partial charge in [0.25, 0.3) is 5.91 Å². The number of anilines is 2. The highest BCUT2D eigenvalue weighted by molar-refractivity contribution is 6.02. The SMILES string of the molecule is COc1cc(NC(=O)c2ncn[nH]2)ccc1NC(C)=O. The maximum absolute atomic E-state index is 11.8. The normalized spacial score (nSPS) is 9.90. The van der Waals surface area contributed by atoms with E-state index in [9.17, 15) is 9.59 Å². The maximum Gasteiger partial charge on any atom is 0.292 e. The van der Waals surface area contributed by atoms with Gasteiger partial charge in [0.2, 0.25) is 11.7 Å². The number of aromatic amines is 1. The summed E-state index contributed by atoms with van der Waals surface area (Å²) in [6.45, 7) is 1.40. The van der Waals surface area contributed by atoms with Crippen LogP contribution in [0.15, 0.2) is 24.5 Å². The summed E-state index contributed by atoms with van der Waals surface area (Å²) < 4.78 is 5.16. The first-order valence-corrected chi connectivity index (χ1v) is 5.72. The molecule has 2 aromatic rings. The zero-order chi connectivity index (χ0) is 14.5.